The molecule has 0 atom stereocenters. The van der Waals surface area contributed by atoms with Gasteiger partial charge >= 0.3 is 0 Å². The Kier molecular flexibility index (Phi) is 5.03. The van der Waals surface area contributed by atoms with Crippen LogP contribution in [0, 0.1) is 10.1 Å². The molecule has 1 aliphatic heterocycles. The van der Waals surface area contributed by atoms with Gasteiger partial charge in [-0.05, 0) is 26.0 Å². The standard InChI is InChI=1S/C17H21N3O4S/c1-17(2,19-5-7-24-8-6-19)11-18-16(21)15-10-12-9-13(20(22)23)3-4-14(12)25-15/h3-4,9-10H,5-8,11H2,1-2H3,(H,18,21). The summed E-state index contributed by atoms with van der Waals surface area (Å²) in [5.74, 6) is -0.148. The fraction of sp³-hybridized carbons (Fsp3) is 0.471. The highest BCUT2D eigenvalue weighted by molar-refractivity contribution is 7.20. The molecule has 3 rings (SSSR count). The SMILES string of the molecule is CC(C)(CNC(=O)c1cc2cc([N+](=O)[O-])ccc2s1)N1CCOCC1. The molecule has 2 heterocycles. The number of nitro groups is 1. The number of thiophene rings is 1. The Labute approximate surface area is 149 Å². The zero-order valence-corrected chi connectivity index (χ0v) is 15.1. The fourth-order valence-electron chi connectivity index (χ4n) is 2.92. The van der Waals surface area contributed by atoms with E-state index in [-0.39, 0.29) is 17.1 Å². The van der Waals surface area contributed by atoms with Crippen molar-refractivity contribution in [2.75, 3.05) is 32.8 Å². The smallest absolute Gasteiger partial charge is 0.270 e. The normalized spacial score (nSPS) is 16.1. The summed E-state index contributed by atoms with van der Waals surface area (Å²) in [6.45, 7) is 7.88. The van der Waals surface area contributed by atoms with Gasteiger partial charge in [-0.1, -0.05) is 0 Å². The number of carbonyl (C=O) groups excluding carboxylic acids is 1. The predicted molar refractivity (Wildman–Crippen MR) is 97.3 cm³/mol. The molecule has 1 aliphatic rings. The van der Waals surface area contributed by atoms with E-state index in [1.54, 1.807) is 12.1 Å². The second-order valence-electron chi connectivity index (χ2n) is 6.68. The summed E-state index contributed by atoms with van der Waals surface area (Å²) in [7, 11) is 0. The molecule has 0 bridgehead atoms. The third kappa shape index (κ3) is 3.97. The van der Waals surface area contributed by atoms with Crippen molar-refractivity contribution >= 4 is 33.0 Å². The van der Waals surface area contributed by atoms with E-state index in [9.17, 15) is 14.9 Å². The van der Waals surface area contributed by atoms with Crippen molar-refractivity contribution in [2.24, 2.45) is 0 Å². The molecule has 134 valence electrons. The number of rotatable bonds is 5. The maximum Gasteiger partial charge on any atom is 0.270 e. The van der Waals surface area contributed by atoms with Crippen LogP contribution in [0.15, 0.2) is 24.3 Å². The van der Waals surface area contributed by atoms with Crippen molar-refractivity contribution in [2.45, 2.75) is 19.4 Å². The van der Waals surface area contributed by atoms with Crippen molar-refractivity contribution < 1.29 is 14.5 Å². The van der Waals surface area contributed by atoms with Crippen LogP contribution in [0.3, 0.4) is 0 Å². The number of carbonyl (C=O) groups is 1. The summed E-state index contributed by atoms with van der Waals surface area (Å²) in [6, 6.07) is 6.36. The molecule has 1 amide bonds. The molecular formula is C17H21N3O4S. The Balaban J connectivity index is 1.68. The number of nitrogens with one attached hydrogen (secondary N) is 1. The third-order valence-electron chi connectivity index (χ3n) is 4.48. The van der Waals surface area contributed by atoms with E-state index in [1.807, 2.05) is 0 Å². The van der Waals surface area contributed by atoms with Crippen LogP contribution in [0.25, 0.3) is 10.1 Å². The number of nitrogens with zero attached hydrogens (tertiary/aromatic N) is 2. The molecule has 7 nitrogen and oxygen atoms in total. The van der Waals surface area contributed by atoms with E-state index in [4.69, 9.17) is 4.74 Å². The van der Waals surface area contributed by atoms with Crippen LogP contribution in [0.2, 0.25) is 0 Å². The molecule has 1 saturated heterocycles. The Bertz CT molecular complexity index is 796. The van der Waals surface area contributed by atoms with E-state index in [0.717, 1.165) is 23.2 Å². The molecule has 8 heteroatoms. The number of nitro benzene ring substituents is 1. The summed E-state index contributed by atoms with van der Waals surface area (Å²) in [5, 5.41) is 14.6. The fourth-order valence-corrected chi connectivity index (χ4v) is 3.88. The van der Waals surface area contributed by atoms with E-state index < -0.39 is 4.92 Å². The van der Waals surface area contributed by atoms with Gasteiger partial charge in [0.05, 0.1) is 23.0 Å². The summed E-state index contributed by atoms with van der Waals surface area (Å²) < 4.78 is 6.24. The third-order valence-corrected chi connectivity index (χ3v) is 5.60. The van der Waals surface area contributed by atoms with Crippen LogP contribution in [-0.2, 0) is 4.74 Å². The largest absolute Gasteiger partial charge is 0.379 e. The molecule has 0 aliphatic carbocycles. The van der Waals surface area contributed by atoms with Gasteiger partial charge in [0.1, 0.15) is 0 Å². The quantitative estimate of drug-likeness (QED) is 0.652. The van der Waals surface area contributed by atoms with Gasteiger partial charge in [0.2, 0.25) is 0 Å². The first-order valence-corrected chi connectivity index (χ1v) is 8.97. The van der Waals surface area contributed by atoms with Crippen LogP contribution in [-0.4, -0.2) is 54.1 Å². The Morgan fingerprint density at radius 2 is 2.08 bits per heavy atom. The number of hydrogen-bond donors (Lipinski definition) is 1. The minimum absolute atomic E-state index is 0.0331. The number of ether oxygens (including phenoxy) is 1. The lowest BCUT2D eigenvalue weighted by Gasteiger charge is -2.40. The van der Waals surface area contributed by atoms with E-state index in [2.05, 4.69) is 24.1 Å². The molecule has 1 aromatic carbocycles. The lowest BCUT2D eigenvalue weighted by atomic mass is 10.0. The van der Waals surface area contributed by atoms with Crippen LogP contribution in [0.5, 0.6) is 0 Å². The van der Waals surface area contributed by atoms with Crippen LogP contribution >= 0.6 is 11.3 Å². The number of fused-ring (bicyclic) bond motifs is 1. The van der Waals surface area contributed by atoms with Crippen molar-refractivity contribution in [3.8, 4) is 0 Å². The molecule has 0 unspecified atom stereocenters. The zero-order chi connectivity index (χ0) is 18.0. The zero-order valence-electron chi connectivity index (χ0n) is 14.3. The van der Waals surface area contributed by atoms with Gasteiger partial charge in [-0.25, -0.2) is 0 Å². The predicted octanol–water partition coefficient (Wildman–Crippen LogP) is 2.65. The van der Waals surface area contributed by atoms with Crippen molar-refractivity contribution in [1.82, 2.24) is 10.2 Å². The minimum Gasteiger partial charge on any atom is -0.379 e. The first kappa shape index (κ1) is 17.8. The molecule has 2 aromatic rings. The molecule has 1 aromatic heterocycles. The number of hydrogen-bond acceptors (Lipinski definition) is 6. The number of amides is 1. The highest BCUT2D eigenvalue weighted by Gasteiger charge is 2.28. The Morgan fingerprint density at radius 3 is 2.76 bits per heavy atom. The molecule has 25 heavy (non-hydrogen) atoms. The van der Waals surface area contributed by atoms with Crippen molar-refractivity contribution in [3.63, 3.8) is 0 Å². The van der Waals surface area contributed by atoms with Gasteiger partial charge in [-0.15, -0.1) is 11.3 Å². The highest BCUT2D eigenvalue weighted by Crippen LogP contribution is 2.29. The molecule has 1 N–H and O–H groups in total. The lowest BCUT2D eigenvalue weighted by Crippen LogP contribution is -2.55. The van der Waals surface area contributed by atoms with Gasteiger partial charge in [0.15, 0.2) is 0 Å². The minimum atomic E-state index is -0.429. The topological polar surface area (TPSA) is 84.7 Å². The van der Waals surface area contributed by atoms with Gasteiger partial charge in [0, 0.05) is 47.4 Å². The van der Waals surface area contributed by atoms with Crippen LogP contribution in [0.1, 0.15) is 23.5 Å². The highest BCUT2D eigenvalue weighted by atomic mass is 32.1. The average molecular weight is 363 g/mol. The maximum absolute atomic E-state index is 12.5. The van der Waals surface area contributed by atoms with E-state index in [1.165, 1.54) is 23.5 Å². The number of non-ortho nitro benzene ring substituents is 1. The summed E-state index contributed by atoms with van der Waals surface area (Å²) >= 11 is 1.34. The Morgan fingerprint density at radius 1 is 1.36 bits per heavy atom. The van der Waals surface area contributed by atoms with Gasteiger partial charge in [0.25, 0.3) is 11.6 Å². The molecule has 1 fully saturated rings. The van der Waals surface area contributed by atoms with Gasteiger partial charge in [-0.3, -0.25) is 19.8 Å². The van der Waals surface area contributed by atoms with Crippen molar-refractivity contribution in [3.05, 3.63) is 39.3 Å². The summed E-state index contributed by atoms with van der Waals surface area (Å²) in [4.78, 5) is 25.8. The molecule has 0 radical (unpaired) electrons. The van der Waals surface area contributed by atoms with Crippen LogP contribution < -0.4 is 5.32 Å². The monoisotopic (exact) mass is 363 g/mol. The molecule has 0 spiro atoms. The van der Waals surface area contributed by atoms with E-state index >= 15 is 0 Å². The first-order chi connectivity index (χ1) is 11.9. The Hall–Kier alpha value is -2.03. The van der Waals surface area contributed by atoms with Gasteiger partial charge < -0.3 is 10.1 Å². The first-order valence-electron chi connectivity index (χ1n) is 8.16. The summed E-state index contributed by atoms with van der Waals surface area (Å²) in [5.41, 5.74) is -0.125. The second-order valence-corrected chi connectivity index (χ2v) is 7.77. The second kappa shape index (κ2) is 7.07. The number of morpholine rings is 1. The average Bonchev–Trinajstić information content (AvgIpc) is 3.03. The van der Waals surface area contributed by atoms with Gasteiger partial charge in [-0.2, -0.15) is 0 Å². The molecule has 0 saturated carbocycles. The number of benzene rings is 1. The maximum atomic E-state index is 12.5. The van der Waals surface area contributed by atoms with Crippen molar-refractivity contribution in [1.29, 1.82) is 0 Å². The molecular weight excluding hydrogens is 342 g/mol. The lowest BCUT2D eigenvalue weighted by molar-refractivity contribution is -0.384. The van der Waals surface area contributed by atoms with E-state index in [0.29, 0.717) is 24.6 Å². The summed E-state index contributed by atoms with van der Waals surface area (Å²) in [6.07, 6.45) is 0. The van der Waals surface area contributed by atoms with Crippen LogP contribution in [0.4, 0.5) is 5.69 Å².